The van der Waals surface area contributed by atoms with Crippen LogP contribution in [0.5, 0.6) is 0 Å². The molecule has 178 valence electrons. The van der Waals surface area contributed by atoms with Gasteiger partial charge in [0.15, 0.2) is 0 Å². The molecule has 0 amide bonds. The van der Waals surface area contributed by atoms with Crippen molar-refractivity contribution >= 4 is 11.4 Å². The Balaban J connectivity index is 1.76. The Bertz CT molecular complexity index is 1310. The van der Waals surface area contributed by atoms with Crippen LogP contribution in [0, 0.1) is 13.8 Å². The molecule has 6 nitrogen and oxygen atoms in total. The van der Waals surface area contributed by atoms with E-state index in [4.69, 9.17) is 0 Å². The molecule has 2 aromatic carbocycles. The van der Waals surface area contributed by atoms with Crippen molar-refractivity contribution in [2.75, 3.05) is 29.9 Å². The van der Waals surface area contributed by atoms with Crippen molar-refractivity contribution in [1.29, 1.82) is 0 Å². The molecule has 1 atom stereocenters. The van der Waals surface area contributed by atoms with Crippen molar-refractivity contribution in [2.45, 2.75) is 39.0 Å². The van der Waals surface area contributed by atoms with E-state index in [0.717, 1.165) is 33.0 Å². The van der Waals surface area contributed by atoms with Gasteiger partial charge in [0, 0.05) is 36.4 Å². The summed E-state index contributed by atoms with van der Waals surface area (Å²) in [4.78, 5) is 15.2. The zero-order valence-corrected chi connectivity index (χ0v) is 18.9. The summed E-state index contributed by atoms with van der Waals surface area (Å²) >= 11 is 0. The van der Waals surface area contributed by atoms with Gasteiger partial charge in [0.1, 0.15) is 5.69 Å². The number of hydrogen-bond donors (Lipinski definition) is 2. The van der Waals surface area contributed by atoms with Gasteiger partial charge in [0.25, 0.3) is 5.56 Å². The number of aromatic nitrogens is 2. The quantitative estimate of drug-likeness (QED) is 0.604. The standard InChI is InChI=1S/C25H25F3N4O2/c1-14-9-15(2)11-16(10-14)22-19-5-7-29-23(19)24(34)32(30-22)21-12-17(31-8-6-18(33)13-31)3-4-20(21)25(26,27)28/h3-4,9-12,18,29,33H,5-8,13H2,1-2H3. The molecule has 1 unspecified atom stereocenters. The van der Waals surface area contributed by atoms with Crippen LogP contribution in [0.2, 0.25) is 0 Å². The number of β-amino-alcohol motifs (C(OH)–C–C–N with tert-alkyl or cyclic N) is 1. The van der Waals surface area contributed by atoms with E-state index in [1.54, 1.807) is 0 Å². The average molecular weight is 470 g/mol. The van der Waals surface area contributed by atoms with E-state index in [0.29, 0.717) is 49.5 Å². The first kappa shape index (κ1) is 22.5. The topological polar surface area (TPSA) is 70.4 Å². The van der Waals surface area contributed by atoms with E-state index < -0.39 is 23.4 Å². The fourth-order valence-electron chi connectivity index (χ4n) is 4.91. The molecule has 2 aliphatic heterocycles. The van der Waals surface area contributed by atoms with Gasteiger partial charge in [-0.05, 0) is 57.0 Å². The highest BCUT2D eigenvalue weighted by Crippen LogP contribution is 2.37. The minimum Gasteiger partial charge on any atom is -0.391 e. The molecule has 3 heterocycles. The van der Waals surface area contributed by atoms with Crippen LogP contribution in [0.1, 0.15) is 28.7 Å². The number of alkyl halides is 3. The molecule has 5 rings (SSSR count). The molecular formula is C25H25F3N4O2. The van der Waals surface area contributed by atoms with Gasteiger partial charge >= 0.3 is 6.18 Å². The molecule has 2 aliphatic rings. The third kappa shape index (κ3) is 3.94. The predicted octanol–water partition coefficient (Wildman–Crippen LogP) is 4.07. The first-order valence-corrected chi connectivity index (χ1v) is 11.2. The SMILES string of the molecule is Cc1cc(C)cc(-c2nn(-c3cc(N4CCC(O)C4)ccc3C(F)(F)F)c(=O)c3c2CCN3)c1. The van der Waals surface area contributed by atoms with Gasteiger partial charge in [-0.2, -0.15) is 23.0 Å². The smallest absolute Gasteiger partial charge is 0.391 e. The average Bonchev–Trinajstić information content (AvgIpc) is 3.42. The summed E-state index contributed by atoms with van der Waals surface area (Å²) in [5.74, 6) is 0. The van der Waals surface area contributed by atoms with E-state index in [2.05, 4.69) is 10.4 Å². The van der Waals surface area contributed by atoms with Gasteiger partial charge in [-0.25, -0.2) is 0 Å². The lowest BCUT2D eigenvalue weighted by Gasteiger charge is -2.22. The second-order valence-corrected chi connectivity index (χ2v) is 9.06. The number of nitrogens with one attached hydrogen (secondary N) is 1. The number of aliphatic hydroxyl groups is 1. The molecule has 0 saturated carbocycles. The van der Waals surface area contributed by atoms with Crippen LogP contribution in [0.4, 0.5) is 24.5 Å². The molecular weight excluding hydrogens is 445 g/mol. The van der Waals surface area contributed by atoms with Crippen molar-refractivity contribution < 1.29 is 18.3 Å². The van der Waals surface area contributed by atoms with E-state index in [1.807, 2.05) is 36.9 Å². The van der Waals surface area contributed by atoms with Crippen LogP contribution in [0.3, 0.4) is 0 Å². The molecule has 34 heavy (non-hydrogen) atoms. The number of fused-ring (bicyclic) bond motifs is 1. The molecule has 3 aromatic rings. The van der Waals surface area contributed by atoms with Gasteiger partial charge < -0.3 is 15.3 Å². The van der Waals surface area contributed by atoms with Crippen molar-refractivity contribution in [3.05, 3.63) is 69.0 Å². The molecule has 9 heteroatoms. The van der Waals surface area contributed by atoms with Gasteiger partial charge in [-0.3, -0.25) is 4.79 Å². The van der Waals surface area contributed by atoms with Gasteiger partial charge in [-0.15, -0.1) is 0 Å². The second kappa shape index (κ2) is 8.16. The predicted molar refractivity (Wildman–Crippen MR) is 125 cm³/mol. The summed E-state index contributed by atoms with van der Waals surface area (Å²) in [5, 5.41) is 17.5. The van der Waals surface area contributed by atoms with E-state index in [-0.39, 0.29) is 5.69 Å². The van der Waals surface area contributed by atoms with Gasteiger partial charge in [0.2, 0.25) is 0 Å². The number of anilines is 2. The highest BCUT2D eigenvalue weighted by atomic mass is 19.4. The Kier molecular flexibility index (Phi) is 5.39. The first-order chi connectivity index (χ1) is 16.1. The highest BCUT2D eigenvalue weighted by molar-refractivity contribution is 5.73. The Hall–Kier alpha value is -3.33. The van der Waals surface area contributed by atoms with E-state index in [9.17, 15) is 23.1 Å². The van der Waals surface area contributed by atoms with Crippen molar-refractivity contribution in [3.63, 3.8) is 0 Å². The van der Waals surface area contributed by atoms with Crippen molar-refractivity contribution in [1.82, 2.24) is 9.78 Å². The van der Waals surface area contributed by atoms with Gasteiger partial charge in [0.05, 0.1) is 23.0 Å². The van der Waals surface area contributed by atoms with E-state index >= 15 is 0 Å². The summed E-state index contributed by atoms with van der Waals surface area (Å²) in [6.07, 6.45) is -4.11. The second-order valence-electron chi connectivity index (χ2n) is 9.06. The molecule has 0 spiro atoms. The maximum atomic E-state index is 14.0. The summed E-state index contributed by atoms with van der Waals surface area (Å²) in [5.41, 5.74) is 2.92. The molecule has 1 aromatic heterocycles. The maximum absolute atomic E-state index is 14.0. The fraction of sp³-hybridized carbons (Fsp3) is 0.360. The number of benzene rings is 2. The Morgan fingerprint density at radius 1 is 1.12 bits per heavy atom. The molecule has 0 bridgehead atoms. The minimum atomic E-state index is -4.67. The zero-order valence-electron chi connectivity index (χ0n) is 18.9. The Morgan fingerprint density at radius 2 is 1.85 bits per heavy atom. The summed E-state index contributed by atoms with van der Waals surface area (Å²) < 4.78 is 43.0. The number of hydrogen-bond acceptors (Lipinski definition) is 5. The van der Waals surface area contributed by atoms with Crippen LogP contribution in [0.15, 0.2) is 41.2 Å². The summed E-state index contributed by atoms with van der Waals surface area (Å²) in [7, 11) is 0. The van der Waals surface area contributed by atoms with Crippen LogP contribution in [-0.4, -0.2) is 40.6 Å². The van der Waals surface area contributed by atoms with Crippen molar-refractivity contribution in [3.8, 4) is 16.9 Å². The molecule has 1 fully saturated rings. The van der Waals surface area contributed by atoms with Crippen LogP contribution >= 0.6 is 0 Å². The first-order valence-electron chi connectivity index (χ1n) is 11.2. The maximum Gasteiger partial charge on any atom is 0.418 e. The van der Waals surface area contributed by atoms with Gasteiger partial charge in [-0.1, -0.05) is 17.2 Å². The lowest BCUT2D eigenvalue weighted by atomic mass is 10.0. The zero-order chi connectivity index (χ0) is 24.2. The highest BCUT2D eigenvalue weighted by Gasteiger charge is 2.36. The number of rotatable bonds is 3. The number of nitrogens with zero attached hydrogens (tertiary/aromatic N) is 3. The molecule has 1 saturated heterocycles. The Morgan fingerprint density at radius 3 is 2.50 bits per heavy atom. The van der Waals surface area contributed by atoms with Crippen molar-refractivity contribution in [2.24, 2.45) is 0 Å². The third-order valence-corrected chi connectivity index (χ3v) is 6.41. The van der Waals surface area contributed by atoms with Crippen LogP contribution in [0.25, 0.3) is 16.9 Å². The minimum absolute atomic E-state index is 0.291. The summed E-state index contributed by atoms with van der Waals surface area (Å²) in [6.45, 7) is 5.26. The largest absolute Gasteiger partial charge is 0.418 e. The number of halogens is 3. The normalized spacial score (nSPS) is 17.7. The van der Waals surface area contributed by atoms with Crippen LogP contribution < -0.4 is 15.8 Å². The molecule has 2 N–H and O–H groups in total. The third-order valence-electron chi connectivity index (χ3n) is 6.41. The fourth-order valence-corrected chi connectivity index (χ4v) is 4.91. The summed E-state index contributed by atoms with van der Waals surface area (Å²) in [6, 6.07) is 9.58. The van der Waals surface area contributed by atoms with Crippen LogP contribution in [-0.2, 0) is 12.6 Å². The lowest BCUT2D eigenvalue weighted by Crippen LogP contribution is -2.28. The Labute approximate surface area is 194 Å². The molecule has 0 radical (unpaired) electrons. The molecule has 0 aliphatic carbocycles. The monoisotopic (exact) mass is 470 g/mol. The number of aliphatic hydroxyl groups excluding tert-OH is 1. The lowest BCUT2D eigenvalue weighted by molar-refractivity contribution is -0.137. The van der Waals surface area contributed by atoms with E-state index in [1.165, 1.54) is 12.1 Å². The number of aryl methyl sites for hydroxylation is 2.